The highest BCUT2D eigenvalue weighted by molar-refractivity contribution is 5.62. The second kappa shape index (κ2) is 6.55. The van der Waals surface area contributed by atoms with Gasteiger partial charge in [0.1, 0.15) is 11.9 Å². The highest BCUT2D eigenvalue weighted by Gasteiger charge is 2.61. The molecule has 1 unspecified atom stereocenters. The number of hydrogen-bond acceptors (Lipinski definition) is 3. The Morgan fingerprint density at radius 3 is 2.79 bits per heavy atom. The molecule has 1 saturated heterocycles. The Morgan fingerprint density at radius 1 is 1.24 bits per heavy atom. The van der Waals surface area contributed by atoms with Crippen LogP contribution in [-0.2, 0) is 15.9 Å². The molecular formula is C24H25FN2O2. The van der Waals surface area contributed by atoms with E-state index in [0.717, 1.165) is 42.6 Å². The van der Waals surface area contributed by atoms with E-state index in [9.17, 15) is 4.39 Å². The van der Waals surface area contributed by atoms with Crippen molar-refractivity contribution in [3.8, 4) is 17.5 Å². The van der Waals surface area contributed by atoms with Crippen molar-refractivity contribution in [3.63, 3.8) is 0 Å². The third-order valence-corrected chi connectivity index (χ3v) is 6.72. The molecule has 29 heavy (non-hydrogen) atoms. The average Bonchev–Trinajstić information content (AvgIpc) is 3.24. The van der Waals surface area contributed by atoms with Gasteiger partial charge in [0.15, 0.2) is 5.79 Å². The van der Waals surface area contributed by atoms with Gasteiger partial charge < -0.3 is 9.47 Å². The van der Waals surface area contributed by atoms with Crippen LogP contribution < -0.4 is 0 Å². The zero-order valence-corrected chi connectivity index (χ0v) is 17.0. The van der Waals surface area contributed by atoms with Crippen LogP contribution in [0.25, 0.3) is 11.8 Å². The van der Waals surface area contributed by atoms with Crippen molar-refractivity contribution in [1.29, 1.82) is 0 Å². The van der Waals surface area contributed by atoms with E-state index in [4.69, 9.17) is 9.47 Å². The first-order chi connectivity index (χ1) is 14.0. The molecule has 4 nitrogen and oxygen atoms in total. The van der Waals surface area contributed by atoms with Crippen molar-refractivity contribution < 1.29 is 13.9 Å². The van der Waals surface area contributed by atoms with Crippen LogP contribution >= 0.6 is 0 Å². The molecule has 1 saturated carbocycles. The van der Waals surface area contributed by atoms with Crippen molar-refractivity contribution in [2.45, 2.75) is 64.4 Å². The summed E-state index contributed by atoms with van der Waals surface area (Å²) >= 11 is 0. The van der Waals surface area contributed by atoms with Crippen LogP contribution in [0.1, 0.15) is 51.3 Å². The van der Waals surface area contributed by atoms with E-state index in [2.05, 4.69) is 29.9 Å². The fraction of sp³-hybridized carbons (Fsp3) is 0.458. The monoisotopic (exact) mass is 392 g/mol. The van der Waals surface area contributed by atoms with Crippen LogP contribution in [0.5, 0.6) is 0 Å². The Hall–Kier alpha value is -2.42. The largest absolute Gasteiger partial charge is 0.342 e. The summed E-state index contributed by atoms with van der Waals surface area (Å²) in [6, 6.07) is 6.46. The minimum absolute atomic E-state index is 0.0537. The normalized spacial score (nSPS) is 32.9. The summed E-state index contributed by atoms with van der Waals surface area (Å²) in [5.74, 6) is 5.24. The first-order valence-corrected chi connectivity index (χ1v) is 10.3. The van der Waals surface area contributed by atoms with Crippen LogP contribution in [0.3, 0.4) is 0 Å². The van der Waals surface area contributed by atoms with Gasteiger partial charge in [-0.2, -0.15) is 5.10 Å². The molecule has 3 aliphatic rings. The molecule has 1 aromatic carbocycles. The molecule has 5 heteroatoms. The highest BCUT2D eigenvalue weighted by Crippen LogP contribution is 2.58. The van der Waals surface area contributed by atoms with E-state index in [-0.39, 0.29) is 23.4 Å². The third kappa shape index (κ3) is 2.70. The molecule has 2 aromatic rings. The van der Waals surface area contributed by atoms with Gasteiger partial charge in [-0.1, -0.05) is 18.4 Å². The van der Waals surface area contributed by atoms with Crippen LogP contribution in [-0.4, -0.2) is 27.8 Å². The first kappa shape index (κ1) is 18.6. The van der Waals surface area contributed by atoms with Crippen molar-refractivity contribution in [3.05, 3.63) is 53.1 Å². The van der Waals surface area contributed by atoms with Gasteiger partial charge in [0.2, 0.25) is 0 Å². The third-order valence-electron chi connectivity index (χ3n) is 6.72. The molecule has 2 fully saturated rings. The summed E-state index contributed by atoms with van der Waals surface area (Å²) in [5, 5.41) is 4.61. The minimum Gasteiger partial charge on any atom is -0.342 e. The predicted octanol–water partition coefficient (Wildman–Crippen LogP) is 4.66. The predicted molar refractivity (Wildman–Crippen MR) is 109 cm³/mol. The first-order valence-electron chi connectivity index (χ1n) is 10.3. The van der Waals surface area contributed by atoms with Crippen molar-refractivity contribution >= 4 is 6.08 Å². The quantitative estimate of drug-likeness (QED) is 0.662. The molecule has 2 aliphatic carbocycles. The molecule has 0 bridgehead atoms. The lowest BCUT2D eigenvalue weighted by atomic mass is 9.62. The van der Waals surface area contributed by atoms with E-state index < -0.39 is 5.79 Å². The second-order valence-corrected chi connectivity index (χ2v) is 8.48. The summed E-state index contributed by atoms with van der Waals surface area (Å²) < 4.78 is 28.3. The maximum Gasteiger partial charge on any atom is 0.179 e. The fourth-order valence-electron chi connectivity index (χ4n) is 5.16. The van der Waals surface area contributed by atoms with Gasteiger partial charge in [0.25, 0.3) is 0 Å². The number of nitrogens with zero attached hydrogens (tertiary/aromatic N) is 2. The van der Waals surface area contributed by atoms with Crippen molar-refractivity contribution in [2.24, 2.45) is 5.41 Å². The zero-order chi connectivity index (χ0) is 20.2. The van der Waals surface area contributed by atoms with Gasteiger partial charge in [-0.3, -0.25) is 0 Å². The summed E-state index contributed by atoms with van der Waals surface area (Å²) in [6.45, 7) is 6.14. The van der Waals surface area contributed by atoms with Crippen LogP contribution in [0, 0.1) is 23.1 Å². The maximum atomic E-state index is 13.3. The molecule has 1 aromatic heterocycles. The number of ether oxygens (including phenoxy) is 2. The summed E-state index contributed by atoms with van der Waals surface area (Å²) in [6.07, 6.45) is 7.61. The molecule has 4 atom stereocenters. The van der Waals surface area contributed by atoms with Gasteiger partial charge in [0.05, 0.1) is 23.7 Å². The van der Waals surface area contributed by atoms with Gasteiger partial charge in [0, 0.05) is 11.8 Å². The molecule has 0 radical (unpaired) electrons. The smallest absolute Gasteiger partial charge is 0.179 e. The van der Waals surface area contributed by atoms with E-state index in [1.54, 1.807) is 12.1 Å². The lowest BCUT2D eigenvalue weighted by Gasteiger charge is -2.51. The lowest BCUT2D eigenvalue weighted by Crippen LogP contribution is -2.53. The molecule has 150 valence electrons. The number of halogens is 1. The standard InChI is InChI=1S/C24H25FN2O2/c1-4-6-22-16(2)28-24(29-22)12-5-7-18-13-21-17(14-23(18,24)3)15-26-27(21)20-10-8-19(25)9-11-20/h8-11,13,15-16,22H,5,7,12,14H2,1-3H3/t16-,22+,23+,24?/m1/s1. The highest BCUT2D eigenvalue weighted by atomic mass is 19.1. The number of hydrogen-bond donors (Lipinski definition) is 0. The summed E-state index contributed by atoms with van der Waals surface area (Å²) in [7, 11) is 0. The number of fused-ring (bicyclic) bond motifs is 3. The number of benzene rings is 1. The van der Waals surface area contributed by atoms with E-state index >= 15 is 0 Å². The van der Waals surface area contributed by atoms with Crippen molar-refractivity contribution in [2.75, 3.05) is 0 Å². The zero-order valence-electron chi connectivity index (χ0n) is 17.0. The van der Waals surface area contributed by atoms with Crippen LogP contribution in [0.2, 0.25) is 0 Å². The van der Waals surface area contributed by atoms with E-state index in [1.807, 2.05) is 24.7 Å². The Bertz CT molecular complexity index is 1050. The van der Waals surface area contributed by atoms with Crippen molar-refractivity contribution in [1.82, 2.24) is 9.78 Å². The van der Waals surface area contributed by atoms with Gasteiger partial charge in [-0.05, 0) is 69.0 Å². The Morgan fingerprint density at radius 2 is 2.03 bits per heavy atom. The molecule has 2 heterocycles. The fourth-order valence-corrected chi connectivity index (χ4v) is 5.16. The van der Waals surface area contributed by atoms with Gasteiger partial charge >= 0.3 is 0 Å². The molecular weight excluding hydrogens is 367 g/mol. The van der Waals surface area contributed by atoms with E-state index in [1.165, 1.54) is 17.7 Å². The Balaban J connectivity index is 1.56. The van der Waals surface area contributed by atoms with Gasteiger partial charge in [-0.25, -0.2) is 9.07 Å². The van der Waals surface area contributed by atoms with Crippen LogP contribution in [0.4, 0.5) is 4.39 Å². The second-order valence-electron chi connectivity index (χ2n) is 8.48. The molecule has 0 N–H and O–H groups in total. The molecule has 0 amide bonds. The topological polar surface area (TPSA) is 36.3 Å². The summed E-state index contributed by atoms with van der Waals surface area (Å²) in [4.78, 5) is 0. The maximum absolute atomic E-state index is 13.3. The number of rotatable bonds is 1. The number of aromatic nitrogens is 2. The average molecular weight is 392 g/mol. The Kier molecular flexibility index (Phi) is 4.20. The summed E-state index contributed by atoms with van der Waals surface area (Å²) in [5.41, 5.74) is 4.16. The lowest BCUT2D eigenvalue weighted by molar-refractivity contribution is -0.244. The molecule has 1 spiro atoms. The molecule has 1 aliphatic heterocycles. The minimum atomic E-state index is -0.652. The Labute approximate surface area is 170 Å². The molecule has 5 rings (SSSR count). The van der Waals surface area contributed by atoms with E-state index in [0.29, 0.717) is 0 Å². The van der Waals surface area contributed by atoms with Gasteiger partial charge in [-0.15, -0.1) is 5.92 Å². The van der Waals surface area contributed by atoms with Crippen LogP contribution in [0.15, 0.2) is 36.0 Å². The SMILES string of the molecule is CC#C[C@@H]1OC2(CCCC3=Cc4c(cnn4-c4ccc(F)cc4)C[C@@]32C)O[C@@H]1C.